The van der Waals surface area contributed by atoms with Crippen LogP contribution in [0, 0.1) is 6.92 Å². The third-order valence-corrected chi connectivity index (χ3v) is 6.96. The average Bonchev–Trinajstić information content (AvgIpc) is 3.10. The minimum absolute atomic E-state index is 0.0941. The monoisotopic (exact) mass is 347 g/mol. The largest absolute Gasteiger partial charge is 0.449 e. The first kappa shape index (κ1) is 15.8. The Morgan fingerprint density at radius 1 is 1.12 bits per heavy atom. The lowest BCUT2D eigenvalue weighted by atomic mass is 10.2. The van der Waals surface area contributed by atoms with Gasteiger partial charge in [-0.25, -0.2) is 13.4 Å². The summed E-state index contributed by atoms with van der Waals surface area (Å²) in [5.74, 6) is 0.593. The van der Waals surface area contributed by atoms with E-state index in [0.717, 1.165) is 37.2 Å². The van der Waals surface area contributed by atoms with Crippen molar-refractivity contribution in [1.29, 1.82) is 0 Å². The van der Waals surface area contributed by atoms with Crippen LogP contribution in [0.1, 0.15) is 18.7 Å². The molecule has 2 fully saturated rings. The van der Waals surface area contributed by atoms with Gasteiger partial charge in [0, 0.05) is 37.7 Å². The summed E-state index contributed by atoms with van der Waals surface area (Å²) >= 11 is 0. The van der Waals surface area contributed by atoms with E-state index in [1.54, 1.807) is 41.8 Å². The van der Waals surface area contributed by atoms with Gasteiger partial charge in [-0.05, 0) is 32.0 Å². The van der Waals surface area contributed by atoms with Crippen LogP contribution in [0.5, 0.6) is 0 Å². The minimum atomic E-state index is -3.45. The molecule has 2 aliphatic heterocycles. The Labute approximate surface area is 142 Å². The second kappa shape index (κ2) is 5.68. The molecule has 0 N–H and O–H groups in total. The van der Waals surface area contributed by atoms with Crippen molar-refractivity contribution >= 4 is 10.0 Å². The van der Waals surface area contributed by atoms with Crippen molar-refractivity contribution in [1.82, 2.24) is 14.2 Å². The molecule has 2 aromatic rings. The normalized spacial score (nSPS) is 25.2. The van der Waals surface area contributed by atoms with Gasteiger partial charge >= 0.3 is 0 Å². The van der Waals surface area contributed by atoms with E-state index in [2.05, 4.69) is 16.9 Å². The van der Waals surface area contributed by atoms with Crippen LogP contribution in [-0.4, -0.2) is 54.8 Å². The quantitative estimate of drug-likeness (QED) is 0.851. The molecule has 128 valence electrons. The van der Waals surface area contributed by atoms with Crippen molar-refractivity contribution in [3.63, 3.8) is 0 Å². The van der Waals surface area contributed by atoms with Crippen LogP contribution in [-0.2, 0) is 10.0 Å². The number of rotatable bonds is 3. The molecule has 24 heavy (non-hydrogen) atoms. The zero-order valence-electron chi connectivity index (χ0n) is 13.8. The number of aromatic nitrogens is 1. The lowest BCUT2D eigenvalue weighted by molar-refractivity contribution is 0.154. The highest BCUT2D eigenvalue weighted by Gasteiger charge is 2.45. The topological polar surface area (TPSA) is 66.7 Å². The smallest absolute Gasteiger partial charge is 0.243 e. The molecule has 0 aliphatic carbocycles. The number of nitrogens with zero attached hydrogens (tertiary/aromatic N) is 3. The molecule has 2 atom stereocenters. The van der Waals surface area contributed by atoms with Crippen LogP contribution in [0.4, 0.5) is 0 Å². The maximum absolute atomic E-state index is 13.1. The molecule has 6 nitrogen and oxygen atoms in total. The summed E-state index contributed by atoms with van der Waals surface area (Å²) in [4.78, 5) is 6.85. The van der Waals surface area contributed by atoms with Gasteiger partial charge in [0.05, 0.1) is 4.90 Å². The standard InChI is InChI=1S/C17H21N3O3S/c1-12-18-17(11-23-12)13-3-7-16(8-4-13)24(21,22)20-14-5-6-15(20)10-19(2)9-14/h3-4,7-8,11,14-15H,5-6,9-10H2,1-2H3. The number of likely N-dealkylation sites (N-methyl/N-ethyl adjacent to an activating group) is 1. The second-order valence-corrected chi connectivity index (χ2v) is 8.56. The third kappa shape index (κ3) is 2.56. The number of fused-ring (bicyclic) bond motifs is 2. The van der Waals surface area contributed by atoms with Crippen molar-refractivity contribution in [2.24, 2.45) is 0 Å². The summed E-state index contributed by atoms with van der Waals surface area (Å²) in [6.45, 7) is 3.41. The summed E-state index contributed by atoms with van der Waals surface area (Å²) in [5.41, 5.74) is 1.57. The van der Waals surface area contributed by atoms with E-state index in [1.807, 2.05) is 0 Å². The molecule has 1 aromatic heterocycles. The van der Waals surface area contributed by atoms with Gasteiger partial charge in [0.1, 0.15) is 12.0 Å². The molecule has 2 bridgehead atoms. The number of benzene rings is 1. The number of oxazole rings is 1. The first-order valence-electron chi connectivity index (χ1n) is 8.20. The summed E-state index contributed by atoms with van der Waals surface area (Å²) in [6.07, 6.45) is 3.48. The molecule has 0 spiro atoms. The zero-order valence-corrected chi connectivity index (χ0v) is 14.7. The van der Waals surface area contributed by atoms with Crippen molar-refractivity contribution in [3.8, 4) is 11.3 Å². The van der Waals surface area contributed by atoms with Gasteiger partial charge in [0.15, 0.2) is 5.89 Å². The van der Waals surface area contributed by atoms with E-state index in [1.165, 1.54) is 0 Å². The predicted molar refractivity (Wildman–Crippen MR) is 90.0 cm³/mol. The van der Waals surface area contributed by atoms with E-state index in [4.69, 9.17) is 4.42 Å². The summed E-state index contributed by atoms with van der Waals surface area (Å²) < 4.78 is 33.1. The van der Waals surface area contributed by atoms with Gasteiger partial charge in [-0.2, -0.15) is 4.31 Å². The van der Waals surface area contributed by atoms with Crippen molar-refractivity contribution in [2.45, 2.75) is 36.7 Å². The highest BCUT2D eigenvalue weighted by Crippen LogP contribution is 2.35. The van der Waals surface area contributed by atoms with Gasteiger partial charge in [0.25, 0.3) is 0 Å². The number of aryl methyl sites for hydroxylation is 1. The number of sulfonamides is 1. The first-order valence-corrected chi connectivity index (χ1v) is 9.64. The molecule has 4 rings (SSSR count). The van der Waals surface area contributed by atoms with E-state index < -0.39 is 10.0 Å². The number of piperazine rings is 1. The Hall–Kier alpha value is -1.70. The van der Waals surface area contributed by atoms with Crippen molar-refractivity contribution < 1.29 is 12.8 Å². The Morgan fingerprint density at radius 2 is 1.75 bits per heavy atom. The van der Waals surface area contributed by atoms with Crippen LogP contribution >= 0.6 is 0 Å². The van der Waals surface area contributed by atoms with Crippen LogP contribution in [0.2, 0.25) is 0 Å². The van der Waals surface area contributed by atoms with Gasteiger partial charge < -0.3 is 9.32 Å². The highest BCUT2D eigenvalue weighted by atomic mass is 32.2. The molecule has 1 aromatic carbocycles. The van der Waals surface area contributed by atoms with E-state index in [-0.39, 0.29) is 12.1 Å². The Balaban J connectivity index is 1.63. The maximum Gasteiger partial charge on any atom is 0.243 e. The molecule has 3 heterocycles. The highest BCUT2D eigenvalue weighted by molar-refractivity contribution is 7.89. The second-order valence-electron chi connectivity index (χ2n) is 6.72. The SMILES string of the molecule is Cc1nc(-c2ccc(S(=O)(=O)N3C4CCC3CN(C)C4)cc2)co1. The average molecular weight is 347 g/mol. The van der Waals surface area contributed by atoms with Crippen LogP contribution in [0.15, 0.2) is 39.8 Å². The van der Waals surface area contributed by atoms with Gasteiger partial charge in [-0.15, -0.1) is 0 Å². The summed E-state index contributed by atoms with van der Waals surface area (Å²) in [6, 6.07) is 7.12. The molecular formula is C17H21N3O3S. The summed E-state index contributed by atoms with van der Waals surface area (Å²) in [7, 11) is -1.39. The van der Waals surface area contributed by atoms with Crippen molar-refractivity contribution in [3.05, 3.63) is 36.4 Å². The minimum Gasteiger partial charge on any atom is -0.449 e. The lowest BCUT2D eigenvalue weighted by Gasteiger charge is -2.38. The Kier molecular flexibility index (Phi) is 3.74. The molecule has 7 heteroatoms. The fourth-order valence-corrected chi connectivity index (χ4v) is 5.74. The van der Waals surface area contributed by atoms with Gasteiger partial charge in [-0.1, -0.05) is 12.1 Å². The van der Waals surface area contributed by atoms with E-state index in [0.29, 0.717) is 10.8 Å². The fraction of sp³-hybridized carbons (Fsp3) is 0.471. The van der Waals surface area contributed by atoms with Crippen LogP contribution in [0.3, 0.4) is 0 Å². The van der Waals surface area contributed by atoms with Crippen LogP contribution < -0.4 is 0 Å². The molecule has 2 unspecified atom stereocenters. The summed E-state index contributed by atoms with van der Waals surface area (Å²) in [5, 5.41) is 0. The van der Waals surface area contributed by atoms with Crippen LogP contribution in [0.25, 0.3) is 11.3 Å². The molecule has 2 saturated heterocycles. The maximum atomic E-state index is 13.1. The van der Waals surface area contributed by atoms with Gasteiger partial charge in [-0.3, -0.25) is 0 Å². The zero-order chi connectivity index (χ0) is 16.9. The Bertz CT molecular complexity index is 830. The lowest BCUT2D eigenvalue weighted by Crippen LogP contribution is -2.54. The predicted octanol–water partition coefficient (Wildman–Crippen LogP) is 2.12. The number of likely N-dealkylation sites (tertiary alicyclic amines) is 1. The van der Waals surface area contributed by atoms with E-state index >= 15 is 0 Å². The molecular weight excluding hydrogens is 326 g/mol. The molecule has 0 amide bonds. The molecule has 0 radical (unpaired) electrons. The van der Waals surface area contributed by atoms with Gasteiger partial charge in [0.2, 0.25) is 10.0 Å². The number of hydrogen-bond acceptors (Lipinski definition) is 5. The van der Waals surface area contributed by atoms with E-state index in [9.17, 15) is 8.42 Å². The third-order valence-electron chi connectivity index (χ3n) is 4.94. The molecule has 0 saturated carbocycles. The van der Waals surface area contributed by atoms with Crippen molar-refractivity contribution in [2.75, 3.05) is 20.1 Å². The fourth-order valence-electron chi connectivity index (χ4n) is 3.88. The molecule has 2 aliphatic rings. The Morgan fingerprint density at radius 3 is 2.29 bits per heavy atom. The number of hydrogen-bond donors (Lipinski definition) is 0. The first-order chi connectivity index (χ1) is 11.4.